The number of carbonyl (C=O) groups is 1. The molecule has 2 N–H and O–H groups in total. The van der Waals surface area contributed by atoms with E-state index in [0.717, 1.165) is 30.8 Å². The molecule has 1 aromatic carbocycles. The van der Waals surface area contributed by atoms with Crippen molar-refractivity contribution in [3.63, 3.8) is 0 Å². The van der Waals surface area contributed by atoms with E-state index in [0.29, 0.717) is 18.3 Å². The van der Waals surface area contributed by atoms with Gasteiger partial charge in [-0.15, -0.1) is 11.8 Å². The number of nitrogens with zero attached hydrogens (tertiary/aromatic N) is 1. The van der Waals surface area contributed by atoms with E-state index in [4.69, 9.17) is 0 Å². The summed E-state index contributed by atoms with van der Waals surface area (Å²) in [5.74, 6) is -0.306. The van der Waals surface area contributed by atoms with Crippen LogP contribution in [0.3, 0.4) is 0 Å². The minimum Gasteiger partial charge on any atom is -0.325 e. The Morgan fingerprint density at radius 2 is 2.07 bits per heavy atom. The maximum atomic E-state index is 12.7. The Morgan fingerprint density at radius 1 is 1.31 bits per heavy atom. The Hall–Kier alpha value is -1.09. The summed E-state index contributed by atoms with van der Waals surface area (Å²) < 4.78 is 28.2. The molecule has 0 unspecified atom stereocenters. The number of thioether (sulfide) groups is 1. The second-order valence-electron chi connectivity index (χ2n) is 7.85. The van der Waals surface area contributed by atoms with Crippen molar-refractivity contribution in [2.75, 3.05) is 31.2 Å². The topological polar surface area (TPSA) is 78.5 Å². The van der Waals surface area contributed by atoms with E-state index in [1.54, 1.807) is 18.2 Å². The average Bonchev–Trinajstić information content (AvgIpc) is 2.71. The molecule has 1 saturated heterocycles. The summed E-state index contributed by atoms with van der Waals surface area (Å²) in [7, 11) is -3.61. The Bertz CT molecular complexity index is 781. The van der Waals surface area contributed by atoms with Gasteiger partial charge in [-0.3, -0.25) is 4.79 Å². The van der Waals surface area contributed by atoms with Gasteiger partial charge in [0.05, 0.1) is 10.6 Å². The summed E-state index contributed by atoms with van der Waals surface area (Å²) >= 11 is 1.47. The summed E-state index contributed by atoms with van der Waals surface area (Å²) in [5, 5.41) is 2.84. The molecule has 8 heteroatoms. The summed E-state index contributed by atoms with van der Waals surface area (Å²) in [6.07, 6.45) is 7.61. The van der Waals surface area contributed by atoms with Gasteiger partial charge >= 0.3 is 0 Å². The molecule has 1 atom stereocenters. The monoisotopic (exact) mass is 441 g/mol. The van der Waals surface area contributed by atoms with Crippen LogP contribution in [-0.4, -0.2) is 51.2 Å². The Kier molecular flexibility index (Phi) is 9.46. The molecule has 1 amide bonds. The molecular weight excluding hydrogens is 406 g/mol. The van der Waals surface area contributed by atoms with Crippen molar-refractivity contribution in [3.8, 4) is 0 Å². The van der Waals surface area contributed by atoms with Crippen molar-refractivity contribution < 1.29 is 13.2 Å². The van der Waals surface area contributed by atoms with Crippen LogP contribution in [0, 0.1) is 5.92 Å². The SMILES string of the molecule is CC[C@H]1CCCCN1CCCNS(=O)(=O)c1ccc(SC)c(NC(=O)C(C)C)c1. The van der Waals surface area contributed by atoms with Crippen LogP contribution in [0.1, 0.15) is 52.9 Å². The first-order valence-electron chi connectivity index (χ1n) is 10.5. The van der Waals surface area contributed by atoms with Gasteiger partial charge in [-0.1, -0.05) is 27.2 Å². The van der Waals surface area contributed by atoms with Crippen LogP contribution in [0.2, 0.25) is 0 Å². The van der Waals surface area contributed by atoms with E-state index in [1.165, 1.54) is 31.0 Å². The van der Waals surface area contributed by atoms with Gasteiger partial charge in [0.2, 0.25) is 15.9 Å². The lowest BCUT2D eigenvalue weighted by molar-refractivity contribution is -0.118. The molecule has 29 heavy (non-hydrogen) atoms. The zero-order chi connectivity index (χ0) is 21.4. The largest absolute Gasteiger partial charge is 0.325 e. The predicted octanol–water partition coefficient (Wildman–Crippen LogP) is 3.94. The van der Waals surface area contributed by atoms with Crippen molar-refractivity contribution >= 4 is 33.4 Å². The molecule has 1 fully saturated rings. The number of amides is 1. The van der Waals surface area contributed by atoms with Crippen molar-refractivity contribution in [2.45, 2.75) is 68.7 Å². The number of likely N-dealkylation sites (tertiary alicyclic amines) is 1. The van der Waals surface area contributed by atoms with Crippen molar-refractivity contribution in [3.05, 3.63) is 18.2 Å². The fraction of sp³-hybridized carbons (Fsp3) is 0.667. The number of carbonyl (C=O) groups excluding carboxylic acids is 1. The molecule has 0 bridgehead atoms. The number of anilines is 1. The third kappa shape index (κ3) is 6.98. The highest BCUT2D eigenvalue weighted by atomic mass is 32.2. The first-order chi connectivity index (χ1) is 13.8. The van der Waals surface area contributed by atoms with Gasteiger partial charge in [0, 0.05) is 23.4 Å². The van der Waals surface area contributed by atoms with E-state index in [-0.39, 0.29) is 16.7 Å². The van der Waals surface area contributed by atoms with E-state index < -0.39 is 10.0 Å². The van der Waals surface area contributed by atoms with E-state index in [9.17, 15) is 13.2 Å². The van der Waals surface area contributed by atoms with Crippen LogP contribution < -0.4 is 10.0 Å². The predicted molar refractivity (Wildman–Crippen MR) is 121 cm³/mol. The van der Waals surface area contributed by atoms with E-state index >= 15 is 0 Å². The average molecular weight is 442 g/mol. The van der Waals surface area contributed by atoms with Gasteiger partial charge in [0.1, 0.15) is 0 Å². The summed E-state index contributed by atoms with van der Waals surface area (Å²) in [6, 6.07) is 5.52. The molecule has 2 rings (SSSR count). The summed E-state index contributed by atoms with van der Waals surface area (Å²) in [4.78, 5) is 15.6. The molecular formula is C21H35N3O3S2. The summed E-state index contributed by atoms with van der Waals surface area (Å²) in [5.41, 5.74) is 0.540. The fourth-order valence-corrected chi connectivity index (χ4v) is 5.25. The van der Waals surface area contributed by atoms with Gasteiger partial charge in [-0.05, 0) is 63.2 Å². The maximum Gasteiger partial charge on any atom is 0.240 e. The second-order valence-corrected chi connectivity index (χ2v) is 10.5. The zero-order valence-corrected chi connectivity index (χ0v) is 19.7. The molecule has 0 aromatic heterocycles. The number of piperidine rings is 1. The van der Waals surface area contributed by atoms with Crippen LogP contribution in [0.5, 0.6) is 0 Å². The molecule has 0 spiro atoms. The van der Waals surface area contributed by atoms with Crippen molar-refractivity contribution in [2.24, 2.45) is 5.92 Å². The summed E-state index contributed by atoms with van der Waals surface area (Å²) in [6.45, 7) is 8.28. The highest BCUT2D eigenvalue weighted by Gasteiger charge is 2.21. The highest BCUT2D eigenvalue weighted by Crippen LogP contribution is 2.28. The highest BCUT2D eigenvalue weighted by molar-refractivity contribution is 7.98. The molecule has 1 heterocycles. The maximum absolute atomic E-state index is 12.7. The molecule has 1 aliphatic rings. The number of rotatable bonds is 10. The number of sulfonamides is 1. The lowest BCUT2D eigenvalue weighted by Gasteiger charge is -2.35. The van der Waals surface area contributed by atoms with E-state index in [1.807, 2.05) is 20.1 Å². The normalized spacial score (nSPS) is 18.2. The first-order valence-corrected chi connectivity index (χ1v) is 13.2. The van der Waals surface area contributed by atoms with Crippen LogP contribution in [0.25, 0.3) is 0 Å². The minimum absolute atomic E-state index is 0.130. The molecule has 164 valence electrons. The Labute approximate surface area is 180 Å². The zero-order valence-electron chi connectivity index (χ0n) is 18.0. The molecule has 0 aliphatic carbocycles. The van der Waals surface area contributed by atoms with Gasteiger partial charge in [-0.25, -0.2) is 13.1 Å². The van der Waals surface area contributed by atoms with Gasteiger partial charge in [0.25, 0.3) is 0 Å². The first kappa shape index (κ1) is 24.2. The molecule has 0 radical (unpaired) electrons. The number of benzene rings is 1. The van der Waals surface area contributed by atoms with Crippen molar-refractivity contribution in [1.82, 2.24) is 9.62 Å². The van der Waals surface area contributed by atoms with Gasteiger partial charge < -0.3 is 10.2 Å². The van der Waals surface area contributed by atoms with Crippen LogP contribution in [-0.2, 0) is 14.8 Å². The minimum atomic E-state index is -3.61. The lowest BCUT2D eigenvalue weighted by atomic mass is 10.00. The third-order valence-electron chi connectivity index (χ3n) is 5.40. The number of hydrogen-bond donors (Lipinski definition) is 2. The number of nitrogens with one attached hydrogen (secondary N) is 2. The lowest BCUT2D eigenvalue weighted by Crippen LogP contribution is -2.40. The molecule has 0 saturated carbocycles. The molecule has 1 aromatic rings. The van der Waals surface area contributed by atoms with E-state index in [2.05, 4.69) is 21.9 Å². The van der Waals surface area contributed by atoms with Crippen LogP contribution in [0.4, 0.5) is 5.69 Å². The standard InChI is InChI=1S/C21H35N3O3S2/c1-5-17-9-6-7-13-24(17)14-8-12-22-29(26,27)18-10-11-20(28-4)19(15-18)23-21(25)16(2)3/h10-11,15-17,22H,5-9,12-14H2,1-4H3,(H,23,25)/t17-/m0/s1. The van der Waals surface area contributed by atoms with Gasteiger partial charge in [-0.2, -0.15) is 0 Å². The van der Waals surface area contributed by atoms with Crippen LogP contribution >= 0.6 is 11.8 Å². The number of hydrogen-bond acceptors (Lipinski definition) is 5. The third-order valence-corrected chi connectivity index (χ3v) is 7.65. The van der Waals surface area contributed by atoms with Gasteiger partial charge in [0.15, 0.2) is 0 Å². The smallest absolute Gasteiger partial charge is 0.240 e. The van der Waals surface area contributed by atoms with Crippen molar-refractivity contribution in [1.29, 1.82) is 0 Å². The fourth-order valence-electron chi connectivity index (χ4n) is 3.62. The second kappa shape index (κ2) is 11.3. The molecule has 6 nitrogen and oxygen atoms in total. The van der Waals surface area contributed by atoms with Crippen LogP contribution in [0.15, 0.2) is 28.0 Å². The molecule has 1 aliphatic heterocycles. The Balaban J connectivity index is 1.98. The Morgan fingerprint density at radius 3 is 2.72 bits per heavy atom. The quantitative estimate of drug-likeness (QED) is 0.425.